The van der Waals surface area contributed by atoms with Gasteiger partial charge in [-0.2, -0.15) is 0 Å². The maximum absolute atomic E-state index is 12.4. The van der Waals surface area contributed by atoms with Crippen LogP contribution < -0.4 is 0 Å². The lowest BCUT2D eigenvalue weighted by molar-refractivity contribution is -0.0138. The summed E-state index contributed by atoms with van der Waals surface area (Å²) in [6, 6.07) is 7.74. The van der Waals surface area contributed by atoms with E-state index in [2.05, 4.69) is 4.90 Å². The van der Waals surface area contributed by atoms with Crippen LogP contribution in [0.3, 0.4) is 0 Å². The maximum Gasteiger partial charge on any atom is 0.178 e. The molecule has 1 saturated carbocycles. The van der Waals surface area contributed by atoms with Gasteiger partial charge >= 0.3 is 0 Å². The first kappa shape index (κ1) is 15.0. The minimum Gasteiger partial charge on any atom is -0.379 e. The van der Waals surface area contributed by atoms with Gasteiger partial charge in [0.25, 0.3) is 0 Å². The highest BCUT2D eigenvalue weighted by Gasteiger charge is 2.36. The second-order valence-corrected chi connectivity index (χ2v) is 8.27. The third-order valence-electron chi connectivity index (χ3n) is 4.61. The van der Waals surface area contributed by atoms with Gasteiger partial charge in [0.15, 0.2) is 9.84 Å². The molecule has 0 unspecified atom stereocenters. The molecule has 1 aliphatic carbocycles. The zero-order chi connectivity index (χ0) is 14.9. The van der Waals surface area contributed by atoms with Crippen LogP contribution in [0.1, 0.15) is 18.4 Å². The monoisotopic (exact) mass is 309 g/mol. The molecule has 21 heavy (non-hydrogen) atoms. The van der Waals surface area contributed by atoms with Gasteiger partial charge in [0.05, 0.1) is 23.9 Å². The third kappa shape index (κ3) is 3.47. The highest BCUT2D eigenvalue weighted by atomic mass is 32.2. The van der Waals surface area contributed by atoms with Crippen LogP contribution in [0.5, 0.6) is 0 Å². The summed E-state index contributed by atoms with van der Waals surface area (Å²) in [4.78, 5) is 2.90. The quantitative estimate of drug-likeness (QED) is 0.852. The van der Waals surface area contributed by atoms with Crippen molar-refractivity contribution in [1.29, 1.82) is 0 Å². The Kier molecular flexibility index (Phi) is 4.33. The van der Waals surface area contributed by atoms with Gasteiger partial charge in [-0.05, 0) is 37.8 Å². The first-order chi connectivity index (χ1) is 10.0. The molecule has 2 aliphatic rings. The Morgan fingerprint density at radius 3 is 2.38 bits per heavy atom. The summed E-state index contributed by atoms with van der Waals surface area (Å²) in [5, 5.41) is 0. The second-order valence-electron chi connectivity index (χ2n) is 6.23. The van der Waals surface area contributed by atoms with Gasteiger partial charge in [0.1, 0.15) is 0 Å². The molecule has 2 fully saturated rings. The first-order valence-corrected chi connectivity index (χ1v) is 9.31. The number of hydrogen-bond donors (Lipinski definition) is 0. The normalized spacial score (nSPS) is 27.3. The molecule has 1 saturated heterocycles. The summed E-state index contributed by atoms with van der Waals surface area (Å²) in [7, 11) is -3.13. The van der Waals surface area contributed by atoms with Crippen molar-refractivity contribution in [3.05, 3.63) is 29.8 Å². The van der Waals surface area contributed by atoms with E-state index >= 15 is 0 Å². The predicted octanol–water partition coefficient (Wildman–Crippen LogP) is 1.88. The largest absolute Gasteiger partial charge is 0.379 e. The van der Waals surface area contributed by atoms with Crippen molar-refractivity contribution in [2.75, 3.05) is 32.1 Å². The molecule has 0 atom stereocenters. The molecule has 0 amide bonds. The summed E-state index contributed by atoms with van der Waals surface area (Å²) < 4.78 is 30.1. The summed E-state index contributed by atoms with van der Waals surface area (Å²) in [6.45, 7) is 5.56. The van der Waals surface area contributed by atoms with E-state index in [0.717, 1.165) is 44.7 Å². The molecule has 116 valence electrons. The van der Waals surface area contributed by atoms with E-state index in [4.69, 9.17) is 4.74 Å². The van der Waals surface area contributed by atoms with Crippen LogP contribution in [-0.2, 0) is 14.6 Å². The number of sulfone groups is 1. The number of rotatable bonds is 4. The van der Waals surface area contributed by atoms with Crippen LogP contribution in [0.25, 0.3) is 0 Å². The highest BCUT2D eigenvalue weighted by molar-refractivity contribution is 7.91. The van der Waals surface area contributed by atoms with Gasteiger partial charge in [-0.3, -0.25) is 4.90 Å². The minimum absolute atomic E-state index is 0.289. The Bertz CT molecular complexity index is 570. The average molecular weight is 309 g/mol. The number of aryl methyl sites for hydroxylation is 1. The number of nitrogens with zero attached hydrogens (tertiary/aromatic N) is 1. The van der Waals surface area contributed by atoms with E-state index < -0.39 is 9.84 Å². The van der Waals surface area contributed by atoms with Gasteiger partial charge in [0.2, 0.25) is 0 Å². The Hall–Kier alpha value is -0.910. The molecule has 5 heteroatoms. The van der Waals surface area contributed by atoms with Crippen LogP contribution in [0, 0.1) is 12.8 Å². The van der Waals surface area contributed by atoms with Crippen LogP contribution in [0.15, 0.2) is 29.2 Å². The van der Waals surface area contributed by atoms with Crippen molar-refractivity contribution in [1.82, 2.24) is 4.90 Å². The first-order valence-electron chi connectivity index (χ1n) is 7.66. The fourth-order valence-corrected chi connectivity index (χ4v) is 4.87. The van der Waals surface area contributed by atoms with Gasteiger partial charge in [0, 0.05) is 19.1 Å². The molecule has 1 heterocycles. The van der Waals surface area contributed by atoms with E-state index in [1.54, 1.807) is 12.1 Å². The number of benzene rings is 1. The topological polar surface area (TPSA) is 46.6 Å². The molecule has 0 aromatic heterocycles. The molecule has 1 aromatic carbocycles. The average Bonchev–Trinajstić information content (AvgIpc) is 2.44. The van der Waals surface area contributed by atoms with Crippen molar-refractivity contribution < 1.29 is 13.2 Å². The van der Waals surface area contributed by atoms with Crippen LogP contribution in [0.4, 0.5) is 0 Å². The molecule has 0 radical (unpaired) electrons. The molecular weight excluding hydrogens is 286 g/mol. The van der Waals surface area contributed by atoms with Gasteiger partial charge in [-0.1, -0.05) is 17.7 Å². The summed E-state index contributed by atoms with van der Waals surface area (Å²) >= 11 is 0. The molecular formula is C16H23NO3S. The van der Waals surface area contributed by atoms with E-state index in [1.807, 2.05) is 19.1 Å². The van der Waals surface area contributed by atoms with Crippen molar-refractivity contribution in [2.45, 2.75) is 30.7 Å². The fourth-order valence-electron chi connectivity index (χ4n) is 3.23. The van der Waals surface area contributed by atoms with Crippen molar-refractivity contribution in [2.24, 2.45) is 5.92 Å². The standard InChI is InChI=1S/C16H23NO3S/c1-13-2-4-16(5-3-13)21(18,19)12-14-10-15(11-14)17-6-8-20-9-7-17/h2-5,14-15H,6-12H2,1H3/t14-,15+. The molecule has 1 aliphatic heterocycles. The second kappa shape index (κ2) is 6.07. The van der Waals surface area contributed by atoms with Gasteiger partial charge < -0.3 is 4.74 Å². The lowest BCUT2D eigenvalue weighted by atomic mass is 9.80. The summed E-state index contributed by atoms with van der Waals surface area (Å²) in [5.74, 6) is 0.598. The highest BCUT2D eigenvalue weighted by Crippen LogP contribution is 2.34. The zero-order valence-corrected chi connectivity index (χ0v) is 13.3. The number of morpholine rings is 1. The fraction of sp³-hybridized carbons (Fsp3) is 0.625. The molecule has 0 N–H and O–H groups in total. The lowest BCUT2D eigenvalue weighted by Crippen LogP contribution is -2.50. The molecule has 4 nitrogen and oxygen atoms in total. The summed E-state index contributed by atoms with van der Waals surface area (Å²) in [6.07, 6.45) is 2.01. The van der Waals surface area contributed by atoms with Crippen LogP contribution in [0.2, 0.25) is 0 Å². The molecule has 0 bridgehead atoms. The molecule has 0 spiro atoms. The number of ether oxygens (including phenoxy) is 1. The Labute approximate surface area is 127 Å². The van der Waals surface area contributed by atoms with E-state index in [-0.39, 0.29) is 5.75 Å². The van der Waals surface area contributed by atoms with Crippen molar-refractivity contribution >= 4 is 9.84 Å². The lowest BCUT2D eigenvalue weighted by Gasteiger charge is -2.44. The smallest absolute Gasteiger partial charge is 0.178 e. The Morgan fingerprint density at radius 1 is 1.14 bits per heavy atom. The molecule has 1 aromatic rings. The van der Waals surface area contributed by atoms with Crippen molar-refractivity contribution in [3.63, 3.8) is 0 Å². The van der Waals surface area contributed by atoms with E-state index in [1.165, 1.54) is 0 Å². The zero-order valence-electron chi connectivity index (χ0n) is 12.5. The third-order valence-corrected chi connectivity index (χ3v) is 6.51. The van der Waals surface area contributed by atoms with Gasteiger partial charge in [-0.25, -0.2) is 8.42 Å². The molecule has 3 rings (SSSR count). The van der Waals surface area contributed by atoms with E-state index in [9.17, 15) is 8.42 Å². The Morgan fingerprint density at radius 2 is 1.76 bits per heavy atom. The number of hydrogen-bond acceptors (Lipinski definition) is 4. The minimum atomic E-state index is -3.13. The van der Waals surface area contributed by atoms with E-state index in [0.29, 0.717) is 16.9 Å². The maximum atomic E-state index is 12.4. The van der Waals surface area contributed by atoms with Crippen molar-refractivity contribution in [3.8, 4) is 0 Å². The SMILES string of the molecule is Cc1ccc(S(=O)(=O)C[C@H]2C[C@@H](N3CCOCC3)C2)cc1. The van der Waals surface area contributed by atoms with Crippen LogP contribution in [-0.4, -0.2) is 51.4 Å². The Balaban J connectivity index is 1.54. The van der Waals surface area contributed by atoms with Crippen LogP contribution >= 0.6 is 0 Å². The predicted molar refractivity (Wildman–Crippen MR) is 82.1 cm³/mol. The van der Waals surface area contributed by atoms with Gasteiger partial charge in [-0.15, -0.1) is 0 Å². The summed E-state index contributed by atoms with van der Waals surface area (Å²) in [5.41, 5.74) is 1.09.